The molecule has 0 amide bonds. The maximum atomic E-state index is 6.11. The molecule has 2 N–H and O–H groups in total. The van der Waals surface area contributed by atoms with Gasteiger partial charge in [0.2, 0.25) is 0 Å². The van der Waals surface area contributed by atoms with Gasteiger partial charge in [-0.1, -0.05) is 23.2 Å². The minimum absolute atomic E-state index is 0.167. The topological polar surface area (TPSA) is 40.7 Å². The predicted octanol–water partition coefficient (Wildman–Crippen LogP) is 3.94. The lowest BCUT2D eigenvalue weighted by Crippen LogP contribution is -2.18. The van der Waals surface area contributed by atoms with Gasteiger partial charge in [0.1, 0.15) is 0 Å². The van der Waals surface area contributed by atoms with Crippen molar-refractivity contribution >= 4 is 34.5 Å². The molecule has 0 bridgehead atoms. The van der Waals surface area contributed by atoms with E-state index in [0.717, 1.165) is 32.0 Å². The Hall–Kier alpha value is -0.550. The fourth-order valence-electron chi connectivity index (χ4n) is 1.58. The minimum Gasteiger partial charge on any atom is -0.306 e. The molecule has 92 valence electrons. The second-order valence-electron chi connectivity index (χ2n) is 3.90. The van der Waals surface area contributed by atoms with E-state index in [1.54, 1.807) is 0 Å². The molecule has 0 aromatic carbocycles. The van der Waals surface area contributed by atoms with Crippen LogP contribution in [0.4, 0.5) is 0 Å². The number of halogens is 2. The van der Waals surface area contributed by atoms with Gasteiger partial charge >= 0.3 is 0 Å². The molecule has 1 unspecified atom stereocenters. The minimum atomic E-state index is 0.167. The Bertz CT molecular complexity index is 507. The third-order valence-electron chi connectivity index (χ3n) is 2.68. The van der Waals surface area contributed by atoms with Gasteiger partial charge in [-0.25, -0.2) is 0 Å². The summed E-state index contributed by atoms with van der Waals surface area (Å²) in [6.45, 7) is 4.83. The van der Waals surface area contributed by atoms with Gasteiger partial charge in [0.05, 0.1) is 14.9 Å². The van der Waals surface area contributed by atoms with Gasteiger partial charge in [-0.15, -0.1) is 11.3 Å². The lowest BCUT2D eigenvalue weighted by atomic mass is 10.1. The van der Waals surface area contributed by atoms with Crippen molar-refractivity contribution in [3.63, 3.8) is 0 Å². The summed E-state index contributed by atoms with van der Waals surface area (Å²) >= 11 is 13.4. The van der Waals surface area contributed by atoms with E-state index in [-0.39, 0.29) is 6.04 Å². The fraction of sp³-hybridized carbons (Fsp3) is 0.364. The maximum Gasteiger partial charge on any atom is 0.0991 e. The highest BCUT2D eigenvalue weighted by molar-refractivity contribution is 7.20. The summed E-state index contributed by atoms with van der Waals surface area (Å²) in [5, 5.41) is 10.3. The first-order valence-electron chi connectivity index (χ1n) is 5.25. The Kier molecular flexibility index (Phi) is 4.09. The number of nitrogens with one attached hydrogen (secondary N) is 2. The summed E-state index contributed by atoms with van der Waals surface area (Å²) in [6, 6.07) is 2.08. The van der Waals surface area contributed by atoms with E-state index < -0.39 is 0 Å². The molecule has 2 heterocycles. The van der Waals surface area contributed by atoms with Gasteiger partial charge in [-0.2, -0.15) is 5.10 Å². The van der Waals surface area contributed by atoms with Crippen molar-refractivity contribution in [1.82, 2.24) is 15.5 Å². The third kappa shape index (κ3) is 3.01. The number of H-pyrrole nitrogens is 1. The largest absolute Gasteiger partial charge is 0.306 e. The van der Waals surface area contributed by atoms with E-state index in [4.69, 9.17) is 23.2 Å². The number of hydrogen-bond acceptors (Lipinski definition) is 3. The number of rotatable bonds is 4. The van der Waals surface area contributed by atoms with Crippen LogP contribution in [0.2, 0.25) is 8.67 Å². The summed E-state index contributed by atoms with van der Waals surface area (Å²) < 4.78 is 1.47. The molecule has 2 rings (SSSR count). The molecule has 0 radical (unpaired) electrons. The number of thiophene rings is 1. The zero-order valence-electron chi connectivity index (χ0n) is 9.55. The summed E-state index contributed by atoms with van der Waals surface area (Å²) in [5.41, 5.74) is 3.29. The van der Waals surface area contributed by atoms with Crippen LogP contribution in [-0.4, -0.2) is 10.2 Å². The molecule has 3 nitrogen and oxygen atoms in total. The van der Waals surface area contributed by atoms with Gasteiger partial charge in [-0.05, 0) is 25.5 Å². The molecule has 0 fully saturated rings. The van der Waals surface area contributed by atoms with Crippen LogP contribution in [0, 0.1) is 6.92 Å². The quantitative estimate of drug-likeness (QED) is 0.895. The maximum absolute atomic E-state index is 6.11. The monoisotopic (exact) mass is 289 g/mol. The lowest BCUT2D eigenvalue weighted by Gasteiger charge is -2.12. The Balaban J connectivity index is 2.00. The first kappa shape index (κ1) is 12.9. The second-order valence-corrected chi connectivity index (χ2v) is 6.19. The standard InChI is InChI=1S/C11H13Cl2N3S/c1-6-8(5-15-16-6)4-14-7(2)9-3-10(12)17-11(9)13/h3,5,7,14H,4H2,1-2H3,(H,15,16). The van der Waals surface area contributed by atoms with Crippen LogP contribution in [0.25, 0.3) is 0 Å². The van der Waals surface area contributed by atoms with Crippen LogP contribution in [0.3, 0.4) is 0 Å². The lowest BCUT2D eigenvalue weighted by molar-refractivity contribution is 0.575. The molecule has 0 aliphatic heterocycles. The molecule has 0 aliphatic carbocycles. The van der Waals surface area contributed by atoms with Gasteiger partial charge in [-0.3, -0.25) is 5.10 Å². The first-order chi connectivity index (χ1) is 8.08. The Morgan fingerprint density at radius 3 is 2.82 bits per heavy atom. The number of nitrogens with zero attached hydrogens (tertiary/aromatic N) is 1. The molecular weight excluding hydrogens is 277 g/mol. The Labute approximate surface area is 114 Å². The van der Waals surface area contributed by atoms with Crippen molar-refractivity contribution in [2.45, 2.75) is 26.4 Å². The summed E-state index contributed by atoms with van der Waals surface area (Å²) in [6.07, 6.45) is 1.83. The van der Waals surface area contributed by atoms with Crippen LogP contribution < -0.4 is 5.32 Å². The van der Waals surface area contributed by atoms with Crippen LogP contribution >= 0.6 is 34.5 Å². The average molecular weight is 290 g/mol. The van der Waals surface area contributed by atoms with E-state index >= 15 is 0 Å². The highest BCUT2D eigenvalue weighted by atomic mass is 35.5. The molecule has 2 aromatic heterocycles. The average Bonchev–Trinajstić information content (AvgIpc) is 2.81. The smallest absolute Gasteiger partial charge is 0.0991 e. The van der Waals surface area contributed by atoms with Crippen molar-refractivity contribution in [3.05, 3.63) is 37.8 Å². The molecule has 1 atom stereocenters. The SMILES string of the molecule is Cc1[nH]ncc1CNC(C)c1cc(Cl)sc1Cl. The van der Waals surface area contributed by atoms with E-state index in [9.17, 15) is 0 Å². The summed E-state index contributed by atoms with van der Waals surface area (Å²) in [4.78, 5) is 0. The van der Waals surface area contributed by atoms with Gasteiger partial charge in [0, 0.05) is 23.8 Å². The molecule has 0 saturated carbocycles. The van der Waals surface area contributed by atoms with Gasteiger partial charge < -0.3 is 5.32 Å². The number of aromatic nitrogens is 2. The van der Waals surface area contributed by atoms with E-state index in [0.29, 0.717) is 0 Å². The Morgan fingerprint density at radius 1 is 1.53 bits per heavy atom. The van der Waals surface area contributed by atoms with Gasteiger partial charge in [0.15, 0.2) is 0 Å². The summed E-state index contributed by atoms with van der Waals surface area (Å²) in [5.74, 6) is 0. The molecule has 6 heteroatoms. The van der Waals surface area contributed by atoms with Crippen molar-refractivity contribution in [1.29, 1.82) is 0 Å². The van der Waals surface area contributed by atoms with Crippen LogP contribution in [-0.2, 0) is 6.54 Å². The molecular formula is C11H13Cl2N3S. The summed E-state index contributed by atoms with van der Waals surface area (Å²) in [7, 11) is 0. The van der Waals surface area contributed by atoms with Crippen LogP contribution in [0.1, 0.15) is 29.8 Å². The molecule has 17 heavy (non-hydrogen) atoms. The second kappa shape index (κ2) is 5.40. The van der Waals surface area contributed by atoms with Crippen LogP contribution in [0.15, 0.2) is 12.3 Å². The molecule has 0 saturated heterocycles. The zero-order chi connectivity index (χ0) is 12.4. The molecule has 2 aromatic rings. The molecule has 0 spiro atoms. The molecule has 0 aliphatic rings. The first-order valence-corrected chi connectivity index (χ1v) is 6.82. The normalized spacial score (nSPS) is 12.9. The number of aromatic amines is 1. The van der Waals surface area contributed by atoms with E-state index in [1.165, 1.54) is 11.3 Å². The van der Waals surface area contributed by atoms with E-state index in [1.807, 2.05) is 19.2 Å². The van der Waals surface area contributed by atoms with Crippen molar-refractivity contribution in [2.75, 3.05) is 0 Å². The Morgan fingerprint density at radius 2 is 2.29 bits per heavy atom. The van der Waals surface area contributed by atoms with Crippen molar-refractivity contribution < 1.29 is 0 Å². The van der Waals surface area contributed by atoms with Gasteiger partial charge in [0.25, 0.3) is 0 Å². The fourth-order valence-corrected chi connectivity index (χ4v) is 3.22. The van der Waals surface area contributed by atoms with Crippen molar-refractivity contribution in [2.24, 2.45) is 0 Å². The highest BCUT2D eigenvalue weighted by Crippen LogP contribution is 2.34. The number of aryl methyl sites for hydroxylation is 1. The number of hydrogen-bond donors (Lipinski definition) is 2. The van der Waals surface area contributed by atoms with E-state index in [2.05, 4.69) is 22.4 Å². The third-order valence-corrected chi connectivity index (χ3v) is 4.20. The van der Waals surface area contributed by atoms with Crippen molar-refractivity contribution in [3.8, 4) is 0 Å². The van der Waals surface area contributed by atoms with Crippen LogP contribution in [0.5, 0.6) is 0 Å². The predicted molar refractivity (Wildman–Crippen MR) is 72.9 cm³/mol. The highest BCUT2D eigenvalue weighted by Gasteiger charge is 2.13. The zero-order valence-corrected chi connectivity index (χ0v) is 11.9.